The van der Waals surface area contributed by atoms with Gasteiger partial charge in [-0.05, 0) is 35.9 Å². The van der Waals surface area contributed by atoms with E-state index in [0.717, 1.165) is 5.56 Å². The fourth-order valence-electron chi connectivity index (χ4n) is 1.89. The molecule has 0 aliphatic heterocycles. The SMILES string of the molecule is CN(C(=O)Cc1ccccc1Cl)c1ccc(C(=O)O)cc1. The summed E-state index contributed by atoms with van der Waals surface area (Å²) in [5.41, 5.74) is 1.58. The van der Waals surface area contributed by atoms with Crippen molar-refractivity contribution < 1.29 is 14.7 Å². The molecule has 0 saturated carbocycles. The number of carboxylic acids is 1. The molecule has 0 unspecified atom stereocenters. The van der Waals surface area contributed by atoms with Gasteiger partial charge < -0.3 is 10.0 Å². The minimum absolute atomic E-state index is 0.119. The standard InChI is InChI=1S/C16H14ClNO3/c1-18(13-8-6-11(7-9-13)16(20)21)15(19)10-12-4-2-3-5-14(12)17/h2-9H,10H2,1H3,(H,20,21). The first kappa shape index (κ1) is 15.1. The average Bonchev–Trinajstić information content (AvgIpc) is 2.49. The smallest absolute Gasteiger partial charge is 0.335 e. The third-order valence-corrected chi connectivity index (χ3v) is 3.54. The molecule has 2 rings (SSSR count). The Morgan fingerprint density at radius 1 is 1.10 bits per heavy atom. The van der Waals surface area contributed by atoms with E-state index in [1.54, 1.807) is 25.2 Å². The quantitative estimate of drug-likeness (QED) is 0.943. The highest BCUT2D eigenvalue weighted by molar-refractivity contribution is 6.31. The van der Waals surface area contributed by atoms with E-state index in [1.165, 1.54) is 17.0 Å². The van der Waals surface area contributed by atoms with E-state index in [-0.39, 0.29) is 17.9 Å². The fourth-order valence-corrected chi connectivity index (χ4v) is 2.10. The number of benzene rings is 2. The number of nitrogens with zero attached hydrogens (tertiary/aromatic N) is 1. The average molecular weight is 304 g/mol. The largest absolute Gasteiger partial charge is 0.478 e. The van der Waals surface area contributed by atoms with Gasteiger partial charge in [0.25, 0.3) is 0 Å². The second-order valence-electron chi connectivity index (χ2n) is 4.57. The Bertz CT molecular complexity index is 667. The van der Waals surface area contributed by atoms with Gasteiger partial charge in [0.2, 0.25) is 5.91 Å². The Hall–Kier alpha value is -2.33. The predicted octanol–water partition coefficient (Wildman–Crippen LogP) is 3.24. The maximum atomic E-state index is 12.2. The number of rotatable bonds is 4. The van der Waals surface area contributed by atoms with Crippen molar-refractivity contribution in [1.29, 1.82) is 0 Å². The van der Waals surface area contributed by atoms with Gasteiger partial charge in [0.05, 0.1) is 12.0 Å². The van der Waals surface area contributed by atoms with Crippen LogP contribution in [0.5, 0.6) is 0 Å². The number of hydrogen-bond acceptors (Lipinski definition) is 2. The molecule has 0 spiro atoms. The van der Waals surface area contributed by atoms with Gasteiger partial charge in [-0.2, -0.15) is 0 Å². The number of hydrogen-bond donors (Lipinski definition) is 1. The van der Waals surface area contributed by atoms with E-state index in [1.807, 2.05) is 18.2 Å². The van der Waals surface area contributed by atoms with Crippen molar-refractivity contribution in [1.82, 2.24) is 0 Å². The van der Waals surface area contributed by atoms with Crippen LogP contribution in [0.1, 0.15) is 15.9 Å². The molecule has 2 aromatic rings. The van der Waals surface area contributed by atoms with E-state index in [0.29, 0.717) is 10.7 Å². The zero-order valence-corrected chi connectivity index (χ0v) is 12.2. The van der Waals surface area contributed by atoms with Crippen LogP contribution in [0, 0.1) is 0 Å². The molecule has 0 heterocycles. The number of aromatic carboxylic acids is 1. The number of carbonyl (C=O) groups excluding carboxylic acids is 1. The van der Waals surface area contributed by atoms with Crippen LogP contribution in [0.3, 0.4) is 0 Å². The third-order valence-electron chi connectivity index (χ3n) is 3.18. The second kappa shape index (κ2) is 6.41. The van der Waals surface area contributed by atoms with E-state index in [4.69, 9.17) is 16.7 Å². The van der Waals surface area contributed by atoms with Crippen molar-refractivity contribution in [3.05, 3.63) is 64.7 Å². The molecule has 0 bridgehead atoms. The van der Waals surface area contributed by atoms with Gasteiger partial charge in [-0.15, -0.1) is 0 Å². The molecule has 0 aliphatic carbocycles. The molecule has 5 heteroatoms. The maximum Gasteiger partial charge on any atom is 0.335 e. The predicted molar refractivity (Wildman–Crippen MR) is 82.0 cm³/mol. The molecule has 0 atom stereocenters. The molecule has 0 saturated heterocycles. The highest BCUT2D eigenvalue weighted by Crippen LogP contribution is 2.19. The van der Waals surface area contributed by atoms with Gasteiger partial charge in [0.1, 0.15) is 0 Å². The molecule has 0 radical (unpaired) electrons. The molecular weight excluding hydrogens is 290 g/mol. The van der Waals surface area contributed by atoms with Gasteiger partial charge in [-0.3, -0.25) is 4.79 Å². The van der Waals surface area contributed by atoms with Crippen molar-refractivity contribution in [2.75, 3.05) is 11.9 Å². The highest BCUT2D eigenvalue weighted by atomic mass is 35.5. The molecule has 21 heavy (non-hydrogen) atoms. The van der Waals surface area contributed by atoms with Crippen molar-refractivity contribution in [2.24, 2.45) is 0 Å². The normalized spacial score (nSPS) is 10.2. The molecule has 0 aromatic heterocycles. The van der Waals surface area contributed by atoms with Crippen molar-refractivity contribution >= 4 is 29.2 Å². The Labute approximate surface area is 127 Å². The number of amides is 1. The van der Waals surface area contributed by atoms with Gasteiger partial charge >= 0.3 is 5.97 Å². The number of anilines is 1. The van der Waals surface area contributed by atoms with Crippen LogP contribution >= 0.6 is 11.6 Å². The van der Waals surface area contributed by atoms with E-state index in [2.05, 4.69) is 0 Å². The third kappa shape index (κ3) is 3.61. The van der Waals surface area contributed by atoms with Crippen LogP contribution < -0.4 is 4.90 Å². The summed E-state index contributed by atoms with van der Waals surface area (Å²) in [6, 6.07) is 13.3. The lowest BCUT2D eigenvalue weighted by Crippen LogP contribution is -2.27. The van der Waals surface area contributed by atoms with Crippen LogP contribution in [0.4, 0.5) is 5.69 Å². The highest BCUT2D eigenvalue weighted by Gasteiger charge is 2.13. The monoisotopic (exact) mass is 303 g/mol. The fraction of sp³-hybridized carbons (Fsp3) is 0.125. The Kier molecular flexibility index (Phi) is 4.60. The van der Waals surface area contributed by atoms with E-state index < -0.39 is 5.97 Å². The molecule has 0 fully saturated rings. The van der Waals surface area contributed by atoms with Gasteiger partial charge in [0.15, 0.2) is 0 Å². The molecule has 1 N–H and O–H groups in total. The summed E-state index contributed by atoms with van der Waals surface area (Å²) in [6.45, 7) is 0. The topological polar surface area (TPSA) is 57.6 Å². The summed E-state index contributed by atoms with van der Waals surface area (Å²) in [5.74, 6) is -1.11. The van der Waals surface area contributed by atoms with Crippen molar-refractivity contribution in [3.8, 4) is 0 Å². The first-order valence-corrected chi connectivity index (χ1v) is 6.70. The summed E-state index contributed by atoms with van der Waals surface area (Å²) in [5, 5.41) is 9.41. The molecule has 1 amide bonds. The Morgan fingerprint density at radius 3 is 2.29 bits per heavy atom. The van der Waals surface area contributed by atoms with E-state index >= 15 is 0 Å². The minimum Gasteiger partial charge on any atom is -0.478 e. The lowest BCUT2D eigenvalue weighted by molar-refractivity contribution is -0.117. The summed E-state index contributed by atoms with van der Waals surface area (Å²) >= 11 is 6.04. The van der Waals surface area contributed by atoms with Crippen LogP contribution in [0.2, 0.25) is 5.02 Å². The zero-order valence-electron chi connectivity index (χ0n) is 11.4. The number of carbonyl (C=O) groups is 2. The van der Waals surface area contributed by atoms with Crippen LogP contribution in [-0.2, 0) is 11.2 Å². The van der Waals surface area contributed by atoms with Crippen LogP contribution in [0.25, 0.3) is 0 Å². The lowest BCUT2D eigenvalue weighted by Gasteiger charge is -2.18. The van der Waals surface area contributed by atoms with Crippen molar-refractivity contribution in [3.63, 3.8) is 0 Å². The second-order valence-corrected chi connectivity index (χ2v) is 4.98. The van der Waals surface area contributed by atoms with Gasteiger partial charge in [-0.25, -0.2) is 4.79 Å². The summed E-state index contributed by atoms with van der Waals surface area (Å²) in [6.07, 6.45) is 0.191. The van der Waals surface area contributed by atoms with Gasteiger partial charge in [-0.1, -0.05) is 29.8 Å². The van der Waals surface area contributed by atoms with Gasteiger partial charge in [0, 0.05) is 17.8 Å². The molecule has 4 nitrogen and oxygen atoms in total. The molecular formula is C16H14ClNO3. The van der Waals surface area contributed by atoms with Crippen molar-refractivity contribution in [2.45, 2.75) is 6.42 Å². The molecule has 108 valence electrons. The number of likely N-dealkylation sites (N-methyl/N-ethyl adjacent to an activating group) is 1. The van der Waals surface area contributed by atoms with E-state index in [9.17, 15) is 9.59 Å². The Morgan fingerprint density at radius 2 is 1.71 bits per heavy atom. The molecule has 0 aliphatic rings. The summed E-state index contributed by atoms with van der Waals surface area (Å²) < 4.78 is 0. The minimum atomic E-state index is -0.994. The summed E-state index contributed by atoms with van der Waals surface area (Å²) in [7, 11) is 1.65. The number of carboxylic acid groups (broad SMARTS) is 1. The lowest BCUT2D eigenvalue weighted by atomic mass is 10.1. The first-order valence-electron chi connectivity index (χ1n) is 6.32. The molecule has 2 aromatic carbocycles. The Balaban J connectivity index is 2.12. The van der Waals surface area contributed by atoms with Crippen LogP contribution in [-0.4, -0.2) is 24.0 Å². The number of halogens is 1. The maximum absolute atomic E-state index is 12.2. The van der Waals surface area contributed by atoms with Crippen LogP contribution in [0.15, 0.2) is 48.5 Å². The zero-order chi connectivity index (χ0) is 15.4. The first-order chi connectivity index (χ1) is 9.99. The summed E-state index contributed by atoms with van der Waals surface area (Å²) in [4.78, 5) is 24.5.